The Morgan fingerprint density at radius 2 is 2.00 bits per heavy atom. The first kappa shape index (κ1) is 13.6. The molecule has 0 saturated heterocycles. The van der Waals surface area contributed by atoms with Crippen LogP contribution >= 0.6 is 0 Å². The zero-order valence-corrected chi connectivity index (χ0v) is 12.0. The summed E-state index contributed by atoms with van der Waals surface area (Å²) in [7, 11) is 0. The van der Waals surface area contributed by atoms with Gasteiger partial charge in [0.25, 0.3) is 0 Å². The highest BCUT2D eigenvalue weighted by atomic mass is 16.6. The van der Waals surface area contributed by atoms with Gasteiger partial charge < -0.3 is 10.5 Å². The molecule has 0 saturated carbocycles. The molecule has 0 aliphatic carbocycles. The molecule has 1 atom stereocenters. The van der Waals surface area contributed by atoms with Crippen LogP contribution in [0.2, 0.25) is 0 Å². The van der Waals surface area contributed by atoms with Crippen LogP contribution in [-0.4, -0.2) is 10.3 Å². The van der Waals surface area contributed by atoms with Gasteiger partial charge in [-0.1, -0.05) is 46.7 Å². The van der Waals surface area contributed by atoms with Crippen LogP contribution < -0.4 is 10.5 Å². The lowest BCUT2D eigenvalue weighted by molar-refractivity contribution is 0.270. The van der Waals surface area contributed by atoms with E-state index in [1.54, 1.807) is 0 Å². The maximum Gasteiger partial charge on any atom is 0.145 e. The van der Waals surface area contributed by atoms with E-state index in [9.17, 15) is 0 Å². The molecule has 0 unspecified atom stereocenters. The number of hydrogen-bond acceptors (Lipinski definition) is 5. The predicted molar refractivity (Wildman–Crippen MR) is 79.9 cm³/mol. The molecule has 0 bridgehead atoms. The number of nitrogens with zero attached hydrogens (tertiary/aromatic N) is 2. The molecular weight excluding hydrogens is 266 g/mol. The lowest BCUT2D eigenvalue weighted by atomic mass is 10.0. The summed E-state index contributed by atoms with van der Waals surface area (Å²) in [5, 5.41) is 9.76. The summed E-state index contributed by atoms with van der Waals surface area (Å²) >= 11 is 0. The third kappa shape index (κ3) is 2.60. The molecule has 0 radical (unpaired) electrons. The van der Waals surface area contributed by atoms with Crippen LogP contribution in [0.15, 0.2) is 41.0 Å². The summed E-state index contributed by atoms with van der Waals surface area (Å²) in [4.78, 5) is 0. The van der Waals surface area contributed by atoms with Crippen molar-refractivity contribution in [3.63, 3.8) is 0 Å². The molecule has 1 heterocycles. The zero-order chi connectivity index (χ0) is 14.8. The molecule has 3 rings (SSSR count). The lowest BCUT2D eigenvalue weighted by Gasteiger charge is -2.16. The number of ether oxygens (including phenoxy) is 1. The Morgan fingerprint density at radius 3 is 2.71 bits per heavy atom. The van der Waals surface area contributed by atoms with Gasteiger partial charge in [-0.3, -0.25) is 0 Å². The number of fused-ring (bicyclic) bond motifs is 1. The number of hydrogen-bond donors (Lipinski definition) is 1. The van der Waals surface area contributed by atoms with E-state index in [1.165, 1.54) is 0 Å². The Bertz CT molecular complexity index is 765. The van der Waals surface area contributed by atoms with Gasteiger partial charge >= 0.3 is 0 Å². The fourth-order valence-electron chi connectivity index (χ4n) is 2.30. The van der Waals surface area contributed by atoms with Gasteiger partial charge in [0.05, 0.1) is 0 Å². The van der Waals surface area contributed by atoms with Gasteiger partial charge in [-0.25, -0.2) is 4.63 Å². The Hall–Kier alpha value is -2.40. The largest absolute Gasteiger partial charge is 0.486 e. The van der Waals surface area contributed by atoms with Crippen molar-refractivity contribution < 1.29 is 9.37 Å². The Kier molecular flexibility index (Phi) is 3.58. The second-order valence-corrected chi connectivity index (χ2v) is 5.08. The average Bonchev–Trinajstić information content (AvgIpc) is 2.89. The van der Waals surface area contributed by atoms with Gasteiger partial charge in [0.1, 0.15) is 23.7 Å². The van der Waals surface area contributed by atoms with Crippen molar-refractivity contribution in [2.24, 2.45) is 5.73 Å². The van der Waals surface area contributed by atoms with Gasteiger partial charge in [-0.15, -0.1) is 0 Å². The van der Waals surface area contributed by atoms with E-state index in [0.29, 0.717) is 12.3 Å². The first-order chi connectivity index (χ1) is 10.2. The van der Waals surface area contributed by atoms with Crippen molar-refractivity contribution in [2.75, 3.05) is 0 Å². The Morgan fingerprint density at radius 1 is 1.19 bits per heavy atom. The third-order valence-electron chi connectivity index (χ3n) is 3.50. The number of aryl methyl sites for hydroxylation is 1. The van der Waals surface area contributed by atoms with Crippen LogP contribution in [0.4, 0.5) is 0 Å². The van der Waals surface area contributed by atoms with Gasteiger partial charge in [0.2, 0.25) is 0 Å². The molecule has 21 heavy (non-hydrogen) atoms. The monoisotopic (exact) mass is 283 g/mol. The summed E-state index contributed by atoms with van der Waals surface area (Å²) in [5.41, 5.74) is 8.46. The number of rotatable bonds is 4. The number of benzene rings is 2. The first-order valence-electron chi connectivity index (χ1n) is 6.85. The van der Waals surface area contributed by atoms with Gasteiger partial charge in [-0.05, 0) is 19.2 Å². The third-order valence-corrected chi connectivity index (χ3v) is 3.50. The topological polar surface area (TPSA) is 74.2 Å². The molecule has 0 aliphatic heterocycles. The first-order valence-corrected chi connectivity index (χ1v) is 6.85. The quantitative estimate of drug-likeness (QED) is 0.796. The van der Waals surface area contributed by atoms with Gasteiger partial charge in [0, 0.05) is 17.0 Å². The molecule has 108 valence electrons. The van der Waals surface area contributed by atoms with E-state index in [0.717, 1.165) is 27.8 Å². The van der Waals surface area contributed by atoms with E-state index in [2.05, 4.69) is 22.4 Å². The molecular formula is C16H17N3O2. The average molecular weight is 283 g/mol. The summed E-state index contributed by atoms with van der Waals surface area (Å²) < 4.78 is 10.7. The molecule has 5 heteroatoms. The van der Waals surface area contributed by atoms with Crippen LogP contribution in [0.1, 0.15) is 29.9 Å². The van der Waals surface area contributed by atoms with Crippen molar-refractivity contribution in [2.45, 2.75) is 26.5 Å². The fraction of sp³-hybridized carbons (Fsp3) is 0.250. The van der Waals surface area contributed by atoms with E-state index >= 15 is 0 Å². The summed E-state index contributed by atoms with van der Waals surface area (Å²) in [5.74, 6) is 0.797. The van der Waals surface area contributed by atoms with E-state index in [1.807, 2.05) is 38.1 Å². The highest BCUT2D eigenvalue weighted by Gasteiger charge is 2.14. The standard InChI is InChI=1S/C16H17N3O2/c1-10(17)13-8-7-12-5-3-4-6-14(12)16(13)20-9-15-11(2)18-21-19-15/h3-8,10H,9,17H2,1-2H3/t10-/m0/s1. The summed E-state index contributed by atoms with van der Waals surface area (Å²) in [6.07, 6.45) is 0. The summed E-state index contributed by atoms with van der Waals surface area (Å²) in [6, 6.07) is 12.0. The fourth-order valence-corrected chi connectivity index (χ4v) is 2.30. The molecule has 3 aromatic rings. The normalized spacial score (nSPS) is 12.5. The molecule has 0 amide bonds. The van der Waals surface area contributed by atoms with E-state index in [-0.39, 0.29) is 6.04 Å². The molecule has 0 fully saturated rings. The molecule has 1 aromatic heterocycles. The van der Waals surface area contributed by atoms with E-state index in [4.69, 9.17) is 15.1 Å². The molecule has 5 nitrogen and oxygen atoms in total. The second kappa shape index (κ2) is 5.54. The SMILES string of the molecule is Cc1nonc1COc1c([C@H](C)N)ccc2ccccc12. The van der Waals surface area contributed by atoms with Crippen molar-refractivity contribution in [1.29, 1.82) is 0 Å². The smallest absolute Gasteiger partial charge is 0.145 e. The second-order valence-electron chi connectivity index (χ2n) is 5.08. The Balaban J connectivity index is 2.02. The number of nitrogens with two attached hydrogens (primary N) is 1. The van der Waals surface area contributed by atoms with Crippen LogP contribution in [0.25, 0.3) is 10.8 Å². The molecule has 0 aliphatic rings. The minimum atomic E-state index is -0.110. The van der Waals surface area contributed by atoms with Crippen LogP contribution in [0.3, 0.4) is 0 Å². The van der Waals surface area contributed by atoms with Crippen LogP contribution in [0.5, 0.6) is 5.75 Å². The number of aromatic nitrogens is 2. The van der Waals surface area contributed by atoms with Crippen molar-refractivity contribution in [3.05, 3.63) is 53.3 Å². The van der Waals surface area contributed by atoms with Gasteiger partial charge in [0.15, 0.2) is 0 Å². The lowest BCUT2D eigenvalue weighted by Crippen LogP contribution is -2.09. The highest BCUT2D eigenvalue weighted by Crippen LogP contribution is 2.33. The molecule has 2 N–H and O–H groups in total. The highest BCUT2D eigenvalue weighted by molar-refractivity contribution is 5.89. The van der Waals surface area contributed by atoms with Crippen LogP contribution in [-0.2, 0) is 6.61 Å². The maximum absolute atomic E-state index is 6.06. The molecule has 0 spiro atoms. The minimum absolute atomic E-state index is 0.110. The Labute approximate surface area is 122 Å². The predicted octanol–water partition coefficient (Wildman–Crippen LogP) is 3.13. The van der Waals surface area contributed by atoms with Crippen LogP contribution in [0, 0.1) is 6.92 Å². The van der Waals surface area contributed by atoms with E-state index < -0.39 is 0 Å². The van der Waals surface area contributed by atoms with Crippen molar-refractivity contribution in [1.82, 2.24) is 10.3 Å². The summed E-state index contributed by atoms with van der Waals surface area (Å²) in [6.45, 7) is 4.09. The van der Waals surface area contributed by atoms with Crippen molar-refractivity contribution in [3.8, 4) is 5.75 Å². The zero-order valence-electron chi connectivity index (χ0n) is 12.0. The van der Waals surface area contributed by atoms with Gasteiger partial charge in [-0.2, -0.15) is 0 Å². The van der Waals surface area contributed by atoms with Crippen molar-refractivity contribution >= 4 is 10.8 Å². The minimum Gasteiger partial charge on any atom is -0.486 e. The maximum atomic E-state index is 6.06. The molecule has 2 aromatic carbocycles.